The summed E-state index contributed by atoms with van der Waals surface area (Å²) in [7, 11) is 0. The number of benzene rings is 2. The van der Waals surface area contributed by atoms with Gasteiger partial charge in [-0.15, -0.1) is 11.8 Å². The Hall–Kier alpha value is -2.93. The molecule has 2 aromatic rings. The number of thioether (sulfide) groups is 1. The summed E-state index contributed by atoms with van der Waals surface area (Å²) in [5, 5.41) is 2.66. The Morgan fingerprint density at radius 3 is 2.59 bits per heavy atom. The second-order valence-corrected chi connectivity index (χ2v) is 6.50. The molecule has 0 unspecified atom stereocenters. The lowest BCUT2D eigenvalue weighted by molar-refractivity contribution is -0.142. The molecule has 0 aliphatic carbocycles. The lowest BCUT2D eigenvalue weighted by Gasteiger charge is -2.18. The Morgan fingerprint density at radius 1 is 1.11 bits per heavy atom. The van der Waals surface area contributed by atoms with Crippen LogP contribution in [0.3, 0.4) is 0 Å². The molecule has 0 fully saturated rings. The summed E-state index contributed by atoms with van der Waals surface area (Å²) in [6, 6.07) is 12.8. The average molecular weight is 385 g/mol. The van der Waals surface area contributed by atoms with Crippen LogP contribution in [0.5, 0.6) is 11.5 Å². The molecule has 7 heteroatoms. The van der Waals surface area contributed by atoms with Gasteiger partial charge in [0.05, 0.1) is 0 Å². The van der Waals surface area contributed by atoms with Crippen molar-refractivity contribution >= 4 is 35.4 Å². The second kappa shape index (κ2) is 9.14. The maximum Gasteiger partial charge on any atom is 0.331 e. The van der Waals surface area contributed by atoms with Crippen molar-refractivity contribution in [1.29, 1.82) is 0 Å². The number of hydrogen-bond donors (Lipinski definition) is 1. The monoisotopic (exact) mass is 385 g/mol. The van der Waals surface area contributed by atoms with Crippen molar-refractivity contribution in [3.05, 3.63) is 54.1 Å². The number of fused-ring (bicyclic) bond motifs is 1. The summed E-state index contributed by atoms with van der Waals surface area (Å²) in [5.74, 6) is 0.201. The van der Waals surface area contributed by atoms with Crippen LogP contribution in [0, 0.1) is 0 Å². The highest BCUT2D eigenvalue weighted by Crippen LogP contribution is 2.32. The number of ether oxygens (including phenoxy) is 3. The second-order valence-electron chi connectivity index (χ2n) is 5.62. The van der Waals surface area contributed by atoms with Crippen LogP contribution in [0.2, 0.25) is 0 Å². The van der Waals surface area contributed by atoms with Gasteiger partial charge in [0.1, 0.15) is 13.2 Å². The lowest BCUT2D eigenvalue weighted by atomic mass is 10.2. The van der Waals surface area contributed by atoms with Crippen LogP contribution in [0.15, 0.2) is 53.4 Å². The molecule has 140 valence electrons. The highest BCUT2D eigenvalue weighted by Gasteiger charge is 2.13. The van der Waals surface area contributed by atoms with Gasteiger partial charge in [0.15, 0.2) is 18.1 Å². The molecule has 1 aliphatic heterocycles. The third-order valence-corrected chi connectivity index (χ3v) is 4.44. The highest BCUT2D eigenvalue weighted by atomic mass is 32.2. The zero-order valence-corrected chi connectivity index (χ0v) is 15.6. The van der Waals surface area contributed by atoms with Crippen molar-refractivity contribution in [3.8, 4) is 11.5 Å². The summed E-state index contributed by atoms with van der Waals surface area (Å²) in [6.07, 6.45) is 4.94. The zero-order valence-electron chi connectivity index (χ0n) is 14.8. The van der Waals surface area contributed by atoms with Gasteiger partial charge in [-0.25, -0.2) is 4.79 Å². The smallest absolute Gasteiger partial charge is 0.331 e. The van der Waals surface area contributed by atoms with Crippen LogP contribution in [-0.2, 0) is 14.3 Å². The molecule has 1 heterocycles. The zero-order chi connectivity index (χ0) is 19.1. The first-order chi connectivity index (χ1) is 13.1. The van der Waals surface area contributed by atoms with E-state index in [2.05, 4.69) is 5.32 Å². The van der Waals surface area contributed by atoms with Gasteiger partial charge >= 0.3 is 5.97 Å². The van der Waals surface area contributed by atoms with Gasteiger partial charge in [0.2, 0.25) is 0 Å². The fraction of sp³-hybridized carbons (Fsp3) is 0.200. The van der Waals surface area contributed by atoms with E-state index in [0.29, 0.717) is 30.4 Å². The average Bonchev–Trinajstić information content (AvgIpc) is 2.71. The number of rotatable bonds is 6. The maximum absolute atomic E-state index is 11.9. The van der Waals surface area contributed by atoms with Gasteiger partial charge in [0.25, 0.3) is 5.91 Å². The van der Waals surface area contributed by atoms with Crippen molar-refractivity contribution in [1.82, 2.24) is 0 Å². The van der Waals surface area contributed by atoms with Crippen LogP contribution < -0.4 is 14.8 Å². The predicted octanol–water partition coefficient (Wildman–Crippen LogP) is 3.37. The first-order valence-electron chi connectivity index (χ1n) is 8.32. The van der Waals surface area contributed by atoms with E-state index in [4.69, 9.17) is 14.2 Å². The molecule has 0 aromatic heterocycles. The molecule has 27 heavy (non-hydrogen) atoms. The molecule has 2 aromatic carbocycles. The van der Waals surface area contributed by atoms with Gasteiger partial charge in [-0.05, 0) is 42.2 Å². The molecular weight excluding hydrogens is 366 g/mol. The number of carbonyl (C=O) groups excluding carboxylic acids is 2. The molecular formula is C20H19NO5S. The van der Waals surface area contributed by atoms with E-state index in [-0.39, 0.29) is 6.61 Å². The fourth-order valence-corrected chi connectivity index (χ4v) is 2.79. The van der Waals surface area contributed by atoms with Crippen molar-refractivity contribution in [2.75, 3.05) is 31.4 Å². The third kappa shape index (κ3) is 5.52. The minimum Gasteiger partial charge on any atom is -0.486 e. The van der Waals surface area contributed by atoms with Crippen LogP contribution in [0.4, 0.5) is 5.69 Å². The normalized spacial score (nSPS) is 12.6. The topological polar surface area (TPSA) is 73.9 Å². The molecule has 0 spiro atoms. The van der Waals surface area contributed by atoms with Crippen LogP contribution in [0.1, 0.15) is 5.56 Å². The number of carbonyl (C=O) groups is 2. The number of anilines is 1. The van der Waals surface area contributed by atoms with E-state index in [0.717, 1.165) is 10.5 Å². The molecule has 0 radical (unpaired) electrons. The summed E-state index contributed by atoms with van der Waals surface area (Å²) < 4.78 is 15.8. The van der Waals surface area contributed by atoms with Crippen LogP contribution in [-0.4, -0.2) is 38.0 Å². The van der Waals surface area contributed by atoms with E-state index >= 15 is 0 Å². The Balaban J connectivity index is 1.46. The Labute approximate surface area is 161 Å². The standard InChI is InChI=1S/C20H19NO5S/c1-27-16-6-2-14(3-7-16)4-9-20(23)26-13-19(22)21-15-5-8-17-18(12-15)25-11-10-24-17/h2-9,12H,10-11,13H2,1H3,(H,21,22)/b9-4+. The predicted molar refractivity (Wildman–Crippen MR) is 104 cm³/mol. The SMILES string of the molecule is CSc1ccc(/C=C/C(=O)OCC(=O)Nc2ccc3c(c2)OCCO3)cc1. The van der Waals surface area contributed by atoms with Gasteiger partial charge in [-0.1, -0.05) is 12.1 Å². The van der Waals surface area contributed by atoms with Crippen molar-refractivity contribution in [2.24, 2.45) is 0 Å². The first-order valence-corrected chi connectivity index (χ1v) is 9.55. The molecule has 0 saturated carbocycles. The molecule has 3 rings (SSSR count). The van der Waals surface area contributed by atoms with Crippen LogP contribution in [0.25, 0.3) is 6.08 Å². The van der Waals surface area contributed by atoms with E-state index in [1.165, 1.54) is 6.08 Å². The van der Waals surface area contributed by atoms with Gasteiger partial charge in [-0.2, -0.15) is 0 Å². The summed E-state index contributed by atoms with van der Waals surface area (Å²) in [4.78, 5) is 24.8. The van der Waals surface area contributed by atoms with Gasteiger partial charge in [0, 0.05) is 22.7 Å². The lowest BCUT2D eigenvalue weighted by Crippen LogP contribution is -2.20. The molecule has 0 atom stereocenters. The summed E-state index contributed by atoms with van der Waals surface area (Å²) in [6.45, 7) is 0.598. The van der Waals surface area contributed by atoms with Gasteiger partial charge < -0.3 is 19.5 Å². The number of nitrogens with one attached hydrogen (secondary N) is 1. The number of esters is 1. The number of amides is 1. The minimum atomic E-state index is -0.582. The van der Waals surface area contributed by atoms with E-state index in [9.17, 15) is 9.59 Å². The largest absolute Gasteiger partial charge is 0.486 e. The molecule has 1 amide bonds. The highest BCUT2D eigenvalue weighted by molar-refractivity contribution is 7.98. The molecule has 1 N–H and O–H groups in total. The summed E-state index contributed by atoms with van der Waals surface area (Å²) >= 11 is 1.65. The van der Waals surface area contributed by atoms with E-state index < -0.39 is 11.9 Å². The van der Waals surface area contributed by atoms with Crippen molar-refractivity contribution in [2.45, 2.75) is 4.90 Å². The Kier molecular flexibility index (Phi) is 6.38. The minimum absolute atomic E-state index is 0.372. The molecule has 0 saturated heterocycles. The van der Waals surface area contributed by atoms with Crippen LogP contribution >= 0.6 is 11.8 Å². The fourth-order valence-electron chi connectivity index (χ4n) is 2.38. The van der Waals surface area contributed by atoms with Crippen molar-refractivity contribution in [3.63, 3.8) is 0 Å². The van der Waals surface area contributed by atoms with Crippen molar-refractivity contribution < 1.29 is 23.8 Å². The number of hydrogen-bond acceptors (Lipinski definition) is 6. The first kappa shape index (κ1) is 18.8. The molecule has 6 nitrogen and oxygen atoms in total. The van der Waals surface area contributed by atoms with Gasteiger partial charge in [-0.3, -0.25) is 4.79 Å². The third-order valence-electron chi connectivity index (χ3n) is 3.70. The quantitative estimate of drug-likeness (QED) is 0.467. The van der Waals surface area contributed by atoms with E-state index in [1.807, 2.05) is 30.5 Å². The molecule has 0 bridgehead atoms. The summed E-state index contributed by atoms with van der Waals surface area (Å²) in [5.41, 5.74) is 1.43. The Morgan fingerprint density at radius 2 is 1.85 bits per heavy atom. The van der Waals surface area contributed by atoms with E-state index in [1.54, 1.807) is 36.0 Å². The maximum atomic E-state index is 11.9. The molecule has 1 aliphatic rings. The Bertz CT molecular complexity index is 848.